The van der Waals surface area contributed by atoms with E-state index in [9.17, 15) is 9.59 Å². The first-order valence-electron chi connectivity index (χ1n) is 7.25. The molecule has 1 atom stereocenters. The van der Waals surface area contributed by atoms with Crippen LogP contribution in [0.2, 0.25) is 5.02 Å². The third kappa shape index (κ3) is 4.53. The first kappa shape index (κ1) is 17.9. The van der Waals surface area contributed by atoms with Crippen molar-refractivity contribution in [2.75, 3.05) is 19.0 Å². The summed E-state index contributed by atoms with van der Waals surface area (Å²) < 4.78 is 5.51. The van der Waals surface area contributed by atoms with Crippen LogP contribution in [-0.2, 0) is 19.9 Å². The molecule has 0 fully saturated rings. The average Bonchev–Trinajstić information content (AvgIpc) is 2.60. The van der Waals surface area contributed by atoms with Gasteiger partial charge in [-0.05, 0) is 36.8 Å². The van der Waals surface area contributed by atoms with Crippen molar-refractivity contribution >= 4 is 29.1 Å². The predicted octanol–water partition coefficient (Wildman–Crippen LogP) is 2.35. The topological polar surface area (TPSA) is 80.3 Å². The van der Waals surface area contributed by atoms with Gasteiger partial charge in [0.15, 0.2) is 0 Å². The van der Waals surface area contributed by atoms with Crippen LogP contribution in [-0.4, -0.2) is 30.5 Å². The van der Waals surface area contributed by atoms with Gasteiger partial charge in [0.2, 0.25) is 0 Å². The lowest BCUT2D eigenvalue weighted by atomic mass is 9.95. The van der Waals surface area contributed by atoms with Crippen molar-refractivity contribution in [1.82, 2.24) is 10.3 Å². The quantitative estimate of drug-likeness (QED) is 0.814. The molecule has 7 heteroatoms. The summed E-state index contributed by atoms with van der Waals surface area (Å²) >= 11 is 6.00. The summed E-state index contributed by atoms with van der Waals surface area (Å²) in [4.78, 5) is 27.7. The second-order valence-corrected chi connectivity index (χ2v) is 5.76. The van der Waals surface area contributed by atoms with Gasteiger partial charge in [-0.15, -0.1) is 0 Å². The minimum atomic E-state index is -0.810. The standard InChI is InChI=1S/C17H18ClN3O3/c1-17(24-2,12-5-3-6-13(18)9-12)11-20-15(22)16(23)21-14-7-4-8-19-10-14/h3-10H,11H2,1-2H3,(H,20,22)(H,21,23)/t17-/m0/s1. The number of aromatic nitrogens is 1. The largest absolute Gasteiger partial charge is 0.372 e. The van der Waals surface area contributed by atoms with E-state index in [4.69, 9.17) is 16.3 Å². The highest BCUT2D eigenvalue weighted by Gasteiger charge is 2.28. The molecule has 2 aromatic rings. The molecule has 0 spiro atoms. The SMILES string of the molecule is CO[C@@](C)(CNC(=O)C(=O)Nc1cccnc1)c1cccc(Cl)c1. The van der Waals surface area contributed by atoms with Crippen molar-refractivity contribution in [3.05, 3.63) is 59.4 Å². The van der Waals surface area contributed by atoms with Crippen LogP contribution < -0.4 is 10.6 Å². The van der Waals surface area contributed by atoms with Crippen molar-refractivity contribution < 1.29 is 14.3 Å². The minimum Gasteiger partial charge on any atom is -0.372 e. The molecule has 0 saturated carbocycles. The highest BCUT2D eigenvalue weighted by atomic mass is 35.5. The van der Waals surface area contributed by atoms with Crippen LogP contribution in [0.15, 0.2) is 48.8 Å². The summed E-state index contributed by atoms with van der Waals surface area (Å²) in [5.74, 6) is -1.53. The molecule has 0 unspecified atom stereocenters. The predicted molar refractivity (Wildman–Crippen MR) is 91.7 cm³/mol. The van der Waals surface area contributed by atoms with Gasteiger partial charge in [0.25, 0.3) is 0 Å². The molecular weight excluding hydrogens is 330 g/mol. The van der Waals surface area contributed by atoms with Crippen LogP contribution in [0, 0.1) is 0 Å². The van der Waals surface area contributed by atoms with Crippen molar-refractivity contribution in [3.8, 4) is 0 Å². The Hall–Kier alpha value is -2.44. The summed E-state index contributed by atoms with van der Waals surface area (Å²) in [6.45, 7) is 1.92. The molecule has 0 radical (unpaired) electrons. The lowest BCUT2D eigenvalue weighted by Gasteiger charge is -2.29. The molecule has 126 valence electrons. The van der Waals surface area contributed by atoms with E-state index in [1.807, 2.05) is 6.07 Å². The molecule has 2 rings (SSSR count). The smallest absolute Gasteiger partial charge is 0.313 e. The first-order valence-corrected chi connectivity index (χ1v) is 7.63. The molecule has 1 heterocycles. The molecule has 1 aromatic heterocycles. The first-order chi connectivity index (χ1) is 11.4. The summed E-state index contributed by atoms with van der Waals surface area (Å²) in [5, 5.41) is 5.61. The fourth-order valence-electron chi connectivity index (χ4n) is 2.06. The number of carbonyl (C=O) groups excluding carboxylic acids is 2. The number of anilines is 1. The maximum absolute atomic E-state index is 12.0. The summed E-state index contributed by atoms with van der Waals surface area (Å²) in [6.07, 6.45) is 3.03. The number of benzene rings is 1. The maximum atomic E-state index is 12.0. The van der Waals surface area contributed by atoms with E-state index in [0.29, 0.717) is 10.7 Å². The van der Waals surface area contributed by atoms with E-state index < -0.39 is 17.4 Å². The molecule has 24 heavy (non-hydrogen) atoms. The van der Waals surface area contributed by atoms with Gasteiger partial charge in [-0.1, -0.05) is 23.7 Å². The van der Waals surface area contributed by atoms with Crippen molar-refractivity contribution in [2.24, 2.45) is 0 Å². The third-order valence-corrected chi connectivity index (χ3v) is 3.83. The van der Waals surface area contributed by atoms with Crippen LogP contribution in [0.1, 0.15) is 12.5 Å². The summed E-state index contributed by atoms with van der Waals surface area (Å²) in [5.41, 5.74) is 0.433. The second kappa shape index (κ2) is 7.90. The third-order valence-electron chi connectivity index (χ3n) is 3.60. The fraction of sp³-hybridized carbons (Fsp3) is 0.235. The van der Waals surface area contributed by atoms with Gasteiger partial charge in [-0.2, -0.15) is 0 Å². The molecule has 6 nitrogen and oxygen atoms in total. The number of rotatable bonds is 5. The molecule has 2 N–H and O–H groups in total. The number of amides is 2. The average molecular weight is 348 g/mol. The van der Waals surface area contributed by atoms with Crippen LogP contribution in [0.4, 0.5) is 5.69 Å². The summed E-state index contributed by atoms with van der Waals surface area (Å²) in [7, 11) is 1.53. The Morgan fingerprint density at radius 2 is 2.04 bits per heavy atom. The second-order valence-electron chi connectivity index (χ2n) is 5.32. The van der Waals surface area contributed by atoms with E-state index in [2.05, 4.69) is 15.6 Å². The highest BCUT2D eigenvalue weighted by Crippen LogP contribution is 2.26. The highest BCUT2D eigenvalue weighted by molar-refractivity contribution is 6.39. The normalized spacial score (nSPS) is 13.0. The van der Waals surface area contributed by atoms with Gasteiger partial charge >= 0.3 is 11.8 Å². The van der Waals surface area contributed by atoms with Gasteiger partial charge in [0, 0.05) is 18.3 Å². The Morgan fingerprint density at radius 1 is 1.25 bits per heavy atom. The van der Waals surface area contributed by atoms with Gasteiger partial charge < -0.3 is 15.4 Å². The lowest BCUT2D eigenvalue weighted by molar-refractivity contribution is -0.137. The van der Waals surface area contributed by atoms with E-state index in [0.717, 1.165) is 5.56 Å². The number of methoxy groups -OCH3 is 1. The number of halogens is 1. The zero-order valence-electron chi connectivity index (χ0n) is 13.4. The molecule has 0 bridgehead atoms. The van der Waals surface area contributed by atoms with E-state index >= 15 is 0 Å². The van der Waals surface area contributed by atoms with Crippen LogP contribution in [0.3, 0.4) is 0 Å². The Labute approximate surface area is 145 Å². The van der Waals surface area contributed by atoms with Gasteiger partial charge in [0.1, 0.15) is 5.60 Å². The van der Waals surface area contributed by atoms with Crippen LogP contribution >= 0.6 is 11.6 Å². The van der Waals surface area contributed by atoms with Gasteiger partial charge in [-0.3, -0.25) is 14.6 Å². The number of hydrogen-bond acceptors (Lipinski definition) is 4. The number of pyridine rings is 1. The minimum absolute atomic E-state index is 0.114. The molecular formula is C17H18ClN3O3. The number of hydrogen-bond donors (Lipinski definition) is 2. The van der Waals surface area contributed by atoms with Gasteiger partial charge in [-0.25, -0.2) is 0 Å². The van der Waals surface area contributed by atoms with Crippen LogP contribution in [0.25, 0.3) is 0 Å². The monoisotopic (exact) mass is 347 g/mol. The van der Waals surface area contributed by atoms with Crippen LogP contribution in [0.5, 0.6) is 0 Å². The molecule has 0 saturated heterocycles. The number of carbonyl (C=O) groups is 2. The van der Waals surface area contributed by atoms with E-state index in [1.54, 1.807) is 43.5 Å². The lowest BCUT2D eigenvalue weighted by Crippen LogP contribution is -2.44. The Kier molecular flexibility index (Phi) is 5.89. The fourth-order valence-corrected chi connectivity index (χ4v) is 2.25. The van der Waals surface area contributed by atoms with Gasteiger partial charge in [0.05, 0.1) is 18.4 Å². The Morgan fingerprint density at radius 3 is 2.67 bits per heavy atom. The molecule has 1 aromatic carbocycles. The van der Waals surface area contributed by atoms with Crippen molar-refractivity contribution in [2.45, 2.75) is 12.5 Å². The number of ether oxygens (including phenoxy) is 1. The van der Waals surface area contributed by atoms with E-state index in [-0.39, 0.29) is 6.54 Å². The maximum Gasteiger partial charge on any atom is 0.313 e. The Bertz CT molecular complexity index is 724. The molecule has 0 aliphatic rings. The number of nitrogens with zero attached hydrogens (tertiary/aromatic N) is 1. The van der Waals surface area contributed by atoms with E-state index in [1.165, 1.54) is 13.3 Å². The molecule has 2 amide bonds. The molecule has 0 aliphatic carbocycles. The Balaban J connectivity index is 1.99. The van der Waals surface area contributed by atoms with Crippen molar-refractivity contribution in [1.29, 1.82) is 0 Å². The zero-order valence-corrected chi connectivity index (χ0v) is 14.1. The number of nitrogens with one attached hydrogen (secondary N) is 2. The van der Waals surface area contributed by atoms with Crippen molar-refractivity contribution in [3.63, 3.8) is 0 Å². The zero-order chi connectivity index (χ0) is 17.6. The summed E-state index contributed by atoms with van der Waals surface area (Å²) in [6, 6.07) is 10.5. The molecule has 0 aliphatic heterocycles.